The summed E-state index contributed by atoms with van der Waals surface area (Å²) in [5, 5.41) is 0. The van der Waals surface area contributed by atoms with Crippen molar-refractivity contribution in [2.75, 3.05) is 6.54 Å². The zero-order valence-electron chi connectivity index (χ0n) is 8.89. The lowest BCUT2D eigenvalue weighted by molar-refractivity contribution is -0.107. The van der Waals surface area contributed by atoms with E-state index in [0.717, 1.165) is 11.1 Å². The van der Waals surface area contributed by atoms with Gasteiger partial charge in [-0.05, 0) is 13.0 Å². The van der Waals surface area contributed by atoms with Gasteiger partial charge in [-0.3, -0.25) is 4.79 Å². The van der Waals surface area contributed by atoms with E-state index in [2.05, 4.69) is 15.9 Å². The first-order valence-electron chi connectivity index (χ1n) is 5.38. The Bertz CT molecular complexity index is 448. The first kappa shape index (κ1) is 10.3. The predicted molar refractivity (Wildman–Crippen MR) is 63.5 cm³/mol. The van der Waals surface area contributed by atoms with Crippen molar-refractivity contribution < 1.29 is 9.53 Å². The van der Waals surface area contributed by atoms with Crippen molar-refractivity contribution in [3.63, 3.8) is 0 Å². The molecule has 1 amide bonds. The third kappa shape index (κ3) is 1.33. The first-order chi connectivity index (χ1) is 7.68. The lowest BCUT2D eigenvalue weighted by Crippen LogP contribution is -2.45. The van der Waals surface area contributed by atoms with Gasteiger partial charge in [0.05, 0.1) is 10.9 Å². The highest BCUT2D eigenvalue weighted by molar-refractivity contribution is 9.09. The smallest absolute Gasteiger partial charge is 0.256 e. The molecular weight excluding hydrogens is 270 g/mol. The topological polar surface area (TPSA) is 29.5 Å². The van der Waals surface area contributed by atoms with E-state index in [0.29, 0.717) is 6.54 Å². The number of ether oxygens (including phenoxy) is 1. The Morgan fingerprint density at radius 2 is 2.19 bits per heavy atom. The van der Waals surface area contributed by atoms with Crippen LogP contribution < -0.4 is 0 Å². The van der Waals surface area contributed by atoms with E-state index in [1.165, 1.54) is 0 Å². The molecule has 0 bridgehead atoms. The maximum Gasteiger partial charge on any atom is 0.256 e. The number of carbonyl (C=O) groups is 1. The molecule has 2 aliphatic rings. The molecule has 0 aliphatic carbocycles. The zero-order chi connectivity index (χ0) is 11.3. The minimum Gasteiger partial charge on any atom is -0.350 e. The molecule has 1 saturated heterocycles. The van der Waals surface area contributed by atoms with Crippen LogP contribution in [0.3, 0.4) is 0 Å². The summed E-state index contributed by atoms with van der Waals surface area (Å²) < 4.78 is 5.88. The second-order valence-corrected chi connectivity index (χ2v) is 5.43. The highest BCUT2D eigenvalue weighted by Gasteiger charge is 2.43. The Hall–Kier alpha value is -0.870. The summed E-state index contributed by atoms with van der Waals surface area (Å²) >= 11 is 3.54. The van der Waals surface area contributed by atoms with E-state index in [-0.39, 0.29) is 23.1 Å². The summed E-state index contributed by atoms with van der Waals surface area (Å²) in [5.41, 5.74) is 1.78. The fourth-order valence-corrected chi connectivity index (χ4v) is 2.72. The molecule has 1 fully saturated rings. The number of fused-ring (bicyclic) bond motifs is 3. The van der Waals surface area contributed by atoms with Crippen LogP contribution >= 0.6 is 15.9 Å². The lowest BCUT2D eigenvalue weighted by atomic mass is 10.1. The fourth-order valence-electron chi connectivity index (χ4n) is 2.29. The van der Waals surface area contributed by atoms with Crippen molar-refractivity contribution in [1.29, 1.82) is 0 Å². The molecule has 3 rings (SSSR count). The van der Waals surface area contributed by atoms with Gasteiger partial charge in [0.25, 0.3) is 5.91 Å². The second kappa shape index (κ2) is 3.57. The van der Waals surface area contributed by atoms with Crippen LogP contribution in [0.15, 0.2) is 24.3 Å². The van der Waals surface area contributed by atoms with E-state index < -0.39 is 0 Å². The number of hydrogen-bond acceptors (Lipinski definition) is 2. The second-order valence-electron chi connectivity index (χ2n) is 4.25. The molecule has 0 N–H and O–H groups in total. The van der Waals surface area contributed by atoms with Crippen molar-refractivity contribution in [3.8, 4) is 0 Å². The Morgan fingerprint density at radius 3 is 3.00 bits per heavy atom. The number of hydrogen-bond donors (Lipinski definition) is 0. The van der Waals surface area contributed by atoms with Gasteiger partial charge in [-0.15, -0.1) is 0 Å². The number of alkyl halides is 1. The minimum atomic E-state index is -0.188. The van der Waals surface area contributed by atoms with Gasteiger partial charge in [0.2, 0.25) is 0 Å². The highest BCUT2D eigenvalue weighted by Crippen LogP contribution is 2.39. The van der Waals surface area contributed by atoms with Crippen LogP contribution in [0.5, 0.6) is 0 Å². The Balaban J connectivity index is 2.03. The van der Waals surface area contributed by atoms with Crippen molar-refractivity contribution in [2.45, 2.75) is 24.1 Å². The summed E-state index contributed by atoms with van der Waals surface area (Å²) in [6.45, 7) is 2.74. The van der Waals surface area contributed by atoms with Crippen LogP contribution in [0.2, 0.25) is 0 Å². The molecular formula is C12H12BrNO2. The predicted octanol–water partition coefficient (Wildman–Crippen LogP) is 2.32. The van der Waals surface area contributed by atoms with Gasteiger partial charge >= 0.3 is 0 Å². The van der Waals surface area contributed by atoms with Gasteiger partial charge in [0, 0.05) is 17.7 Å². The molecule has 16 heavy (non-hydrogen) atoms. The van der Waals surface area contributed by atoms with Crippen LogP contribution in [-0.4, -0.2) is 28.3 Å². The van der Waals surface area contributed by atoms with Gasteiger partial charge < -0.3 is 9.64 Å². The first-order valence-corrected chi connectivity index (χ1v) is 6.29. The number of halogens is 1. The largest absolute Gasteiger partial charge is 0.350 e. The fraction of sp³-hybridized carbons (Fsp3) is 0.417. The van der Waals surface area contributed by atoms with E-state index in [4.69, 9.17) is 4.74 Å². The molecule has 84 valence electrons. The number of benzene rings is 1. The molecule has 4 heteroatoms. The minimum absolute atomic E-state index is 0.0805. The van der Waals surface area contributed by atoms with Gasteiger partial charge in [-0.1, -0.05) is 34.1 Å². The normalized spacial score (nSPS) is 32.5. The average molecular weight is 282 g/mol. The molecule has 0 aromatic heterocycles. The van der Waals surface area contributed by atoms with Crippen LogP contribution in [0.25, 0.3) is 0 Å². The molecule has 3 atom stereocenters. The van der Waals surface area contributed by atoms with E-state index >= 15 is 0 Å². The van der Waals surface area contributed by atoms with Crippen LogP contribution in [0, 0.1) is 0 Å². The van der Waals surface area contributed by atoms with Crippen LogP contribution in [-0.2, 0) is 4.74 Å². The average Bonchev–Trinajstić information content (AvgIpc) is 2.55. The van der Waals surface area contributed by atoms with Gasteiger partial charge in [0.15, 0.2) is 6.23 Å². The van der Waals surface area contributed by atoms with Gasteiger partial charge in [-0.25, -0.2) is 0 Å². The summed E-state index contributed by atoms with van der Waals surface area (Å²) in [6, 6.07) is 7.68. The zero-order valence-corrected chi connectivity index (χ0v) is 10.5. The SMILES string of the molecule is C[C@@H]1O[C@@H]2c3ccccc3C(=O)N2C[C@H]1Br. The summed E-state index contributed by atoms with van der Waals surface area (Å²) in [7, 11) is 0. The maximum absolute atomic E-state index is 12.1. The molecule has 0 spiro atoms. The Labute approximate surface area is 103 Å². The quantitative estimate of drug-likeness (QED) is 0.683. The van der Waals surface area contributed by atoms with E-state index in [9.17, 15) is 4.79 Å². The number of amides is 1. The molecule has 0 radical (unpaired) electrons. The van der Waals surface area contributed by atoms with E-state index in [1.54, 1.807) is 4.90 Å². The van der Waals surface area contributed by atoms with Crippen molar-refractivity contribution >= 4 is 21.8 Å². The highest BCUT2D eigenvalue weighted by atomic mass is 79.9. The molecule has 1 aromatic carbocycles. The monoisotopic (exact) mass is 281 g/mol. The van der Waals surface area contributed by atoms with Gasteiger partial charge in [-0.2, -0.15) is 0 Å². The third-order valence-corrected chi connectivity index (χ3v) is 4.26. The van der Waals surface area contributed by atoms with Crippen molar-refractivity contribution in [1.82, 2.24) is 4.90 Å². The van der Waals surface area contributed by atoms with E-state index in [1.807, 2.05) is 31.2 Å². The molecule has 3 nitrogen and oxygen atoms in total. The molecule has 0 saturated carbocycles. The molecule has 2 heterocycles. The number of rotatable bonds is 0. The van der Waals surface area contributed by atoms with Crippen molar-refractivity contribution in [3.05, 3.63) is 35.4 Å². The maximum atomic E-state index is 12.1. The third-order valence-electron chi connectivity index (χ3n) is 3.23. The van der Waals surface area contributed by atoms with Crippen LogP contribution in [0.4, 0.5) is 0 Å². The summed E-state index contributed by atoms with van der Waals surface area (Å²) in [6.07, 6.45) is -0.0623. The van der Waals surface area contributed by atoms with Gasteiger partial charge in [0.1, 0.15) is 0 Å². The molecule has 2 aliphatic heterocycles. The number of carbonyl (C=O) groups excluding carboxylic acids is 1. The Morgan fingerprint density at radius 1 is 1.44 bits per heavy atom. The van der Waals surface area contributed by atoms with Crippen molar-refractivity contribution in [2.24, 2.45) is 0 Å². The summed E-state index contributed by atoms with van der Waals surface area (Å²) in [5.74, 6) is 0.0805. The molecule has 0 unspecified atom stereocenters. The van der Waals surface area contributed by atoms with Crippen LogP contribution in [0.1, 0.15) is 29.1 Å². The number of nitrogens with zero attached hydrogens (tertiary/aromatic N) is 1. The summed E-state index contributed by atoms with van der Waals surface area (Å²) in [4.78, 5) is 14.1. The molecule has 1 aromatic rings. The standard InChI is InChI=1S/C12H12BrNO2/c1-7-10(13)6-14-11(15)8-4-2-3-5-9(8)12(14)16-7/h2-5,7,10,12H,6H2,1H3/t7-,10+,12+/m0/s1. The Kier molecular flexibility index (Phi) is 2.30. The lowest BCUT2D eigenvalue weighted by Gasteiger charge is -2.37.